The van der Waals surface area contributed by atoms with Crippen LogP contribution in [0.4, 0.5) is 5.69 Å². The van der Waals surface area contributed by atoms with Crippen LogP contribution in [0.1, 0.15) is 12.0 Å². The first-order valence-electron chi connectivity index (χ1n) is 4.52. The topological polar surface area (TPSA) is 21.3 Å². The number of benzene rings is 1. The second kappa shape index (κ2) is 3.10. The Morgan fingerprint density at radius 3 is 3.21 bits per heavy atom. The molecule has 2 nitrogen and oxygen atoms in total. The minimum absolute atomic E-state index is 0.960. The fourth-order valence-corrected chi connectivity index (χ4v) is 2.46. The maximum atomic E-state index is 5.55. The zero-order valence-electron chi connectivity index (χ0n) is 7.49. The summed E-state index contributed by atoms with van der Waals surface area (Å²) in [6, 6.07) is 8.20. The summed E-state index contributed by atoms with van der Waals surface area (Å²) in [5.74, 6) is 1.01. The average Bonchev–Trinajstić information content (AvgIpc) is 2.29. The molecule has 70 valence electrons. The SMILES string of the molecule is C1=COC2=C(C1)SNc1ccccc12. The van der Waals surface area contributed by atoms with Crippen LogP contribution in [0.5, 0.6) is 0 Å². The number of anilines is 1. The second-order valence-corrected chi connectivity index (χ2v) is 4.10. The highest BCUT2D eigenvalue weighted by Gasteiger charge is 2.21. The molecule has 0 atom stereocenters. The Balaban J connectivity index is 2.14. The number of rotatable bonds is 0. The summed E-state index contributed by atoms with van der Waals surface area (Å²) < 4.78 is 8.85. The number of allylic oxidation sites excluding steroid dienone is 2. The van der Waals surface area contributed by atoms with Crippen molar-refractivity contribution >= 4 is 23.4 Å². The van der Waals surface area contributed by atoms with E-state index >= 15 is 0 Å². The summed E-state index contributed by atoms with van der Waals surface area (Å²) in [5, 5.41) is 0. The van der Waals surface area contributed by atoms with Crippen molar-refractivity contribution in [3.63, 3.8) is 0 Å². The minimum Gasteiger partial charge on any atom is -0.464 e. The van der Waals surface area contributed by atoms with E-state index in [9.17, 15) is 0 Å². The largest absolute Gasteiger partial charge is 0.464 e. The molecule has 0 saturated carbocycles. The van der Waals surface area contributed by atoms with Gasteiger partial charge in [-0.15, -0.1) is 0 Å². The van der Waals surface area contributed by atoms with Crippen LogP contribution >= 0.6 is 11.9 Å². The zero-order chi connectivity index (χ0) is 9.38. The molecule has 1 N–H and O–H groups in total. The molecule has 0 unspecified atom stereocenters. The van der Waals surface area contributed by atoms with Crippen molar-refractivity contribution in [3.8, 4) is 0 Å². The summed E-state index contributed by atoms with van der Waals surface area (Å²) in [6.45, 7) is 0. The highest BCUT2D eigenvalue weighted by molar-refractivity contribution is 8.04. The van der Waals surface area contributed by atoms with E-state index in [2.05, 4.69) is 16.9 Å². The van der Waals surface area contributed by atoms with E-state index in [4.69, 9.17) is 4.74 Å². The molecule has 0 saturated heterocycles. The first-order chi connectivity index (χ1) is 6.95. The van der Waals surface area contributed by atoms with Crippen LogP contribution in [-0.4, -0.2) is 0 Å². The van der Waals surface area contributed by atoms with Gasteiger partial charge < -0.3 is 9.46 Å². The van der Waals surface area contributed by atoms with Gasteiger partial charge in [-0.05, 0) is 30.2 Å². The highest BCUT2D eigenvalue weighted by Crippen LogP contribution is 2.41. The molecule has 0 bridgehead atoms. The molecule has 0 radical (unpaired) electrons. The van der Waals surface area contributed by atoms with Crippen molar-refractivity contribution in [2.45, 2.75) is 6.42 Å². The van der Waals surface area contributed by atoms with E-state index < -0.39 is 0 Å². The smallest absolute Gasteiger partial charge is 0.147 e. The van der Waals surface area contributed by atoms with Gasteiger partial charge in [0.1, 0.15) is 5.76 Å². The molecule has 2 aliphatic rings. The van der Waals surface area contributed by atoms with Gasteiger partial charge in [0.2, 0.25) is 0 Å². The number of ether oxygens (including phenoxy) is 1. The Bertz CT molecular complexity index is 437. The number of fused-ring (bicyclic) bond motifs is 2. The maximum absolute atomic E-state index is 5.55. The van der Waals surface area contributed by atoms with Gasteiger partial charge >= 0.3 is 0 Å². The van der Waals surface area contributed by atoms with Crippen LogP contribution in [0, 0.1) is 0 Å². The molecule has 0 aliphatic carbocycles. The fraction of sp³-hybridized carbons (Fsp3) is 0.0909. The maximum Gasteiger partial charge on any atom is 0.147 e. The van der Waals surface area contributed by atoms with E-state index in [-0.39, 0.29) is 0 Å². The molecule has 0 spiro atoms. The Morgan fingerprint density at radius 1 is 1.29 bits per heavy atom. The number of para-hydroxylation sites is 1. The molecule has 3 heteroatoms. The van der Waals surface area contributed by atoms with Gasteiger partial charge in [0.15, 0.2) is 0 Å². The van der Waals surface area contributed by atoms with Crippen molar-refractivity contribution in [1.82, 2.24) is 0 Å². The van der Waals surface area contributed by atoms with Gasteiger partial charge in [-0.25, -0.2) is 0 Å². The van der Waals surface area contributed by atoms with E-state index in [1.807, 2.05) is 18.2 Å². The van der Waals surface area contributed by atoms with Crippen LogP contribution in [0.25, 0.3) is 5.76 Å². The Morgan fingerprint density at radius 2 is 2.21 bits per heavy atom. The van der Waals surface area contributed by atoms with Gasteiger partial charge in [-0.2, -0.15) is 0 Å². The zero-order valence-corrected chi connectivity index (χ0v) is 8.30. The van der Waals surface area contributed by atoms with Gasteiger partial charge in [0, 0.05) is 12.0 Å². The van der Waals surface area contributed by atoms with E-state index in [0.29, 0.717) is 0 Å². The van der Waals surface area contributed by atoms with Crippen molar-refractivity contribution in [2.75, 3.05) is 4.72 Å². The molecule has 2 aliphatic heterocycles. The summed E-state index contributed by atoms with van der Waals surface area (Å²) >= 11 is 1.64. The van der Waals surface area contributed by atoms with Crippen molar-refractivity contribution in [3.05, 3.63) is 47.1 Å². The van der Waals surface area contributed by atoms with E-state index in [0.717, 1.165) is 23.4 Å². The van der Waals surface area contributed by atoms with Crippen LogP contribution in [0.3, 0.4) is 0 Å². The molecule has 0 amide bonds. The molecule has 14 heavy (non-hydrogen) atoms. The molecule has 1 aromatic carbocycles. The molecular weight excluding hydrogens is 194 g/mol. The minimum atomic E-state index is 0.960. The summed E-state index contributed by atoms with van der Waals surface area (Å²) in [7, 11) is 0. The lowest BCUT2D eigenvalue weighted by atomic mass is 10.1. The van der Waals surface area contributed by atoms with Gasteiger partial charge in [0.25, 0.3) is 0 Å². The quantitative estimate of drug-likeness (QED) is 0.653. The standard InChI is InChI=1S/C11H9NOS/c1-2-5-9-8(4-1)11-10(14-12-9)6-3-7-13-11/h1-5,7,12H,6H2. The lowest BCUT2D eigenvalue weighted by Gasteiger charge is -2.24. The summed E-state index contributed by atoms with van der Waals surface area (Å²) in [4.78, 5) is 1.26. The predicted molar refractivity (Wildman–Crippen MR) is 59.4 cm³/mol. The van der Waals surface area contributed by atoms with Crippen LogP contribution < -0.4 is 4.72 Å². The predicted octanol–water partition coefficient (Wildman–Crippen LogP) is 3.36. The molecular formula is C11H9NOS. The summed E-state index contributed by atoms with van der Waals surface area (Å²) in [5.41, 5.74) is 2.29. The average molecular weight is 203 g/mol. The van der Waals surface area contributed by atoms with Crippen LogP contribution in [-0.2, 0) is 4.74 Å². The Labute approximate surface area is 86.8 Å². The third-order valence-corrected chi connectivity index (χ3v) is 3.21. The monoisotopic (exact) mass is 203 g/mol. The Kier molecular flexibility index (Phi) is 1.77. The molecule has 2 heterocycles. The first-order valence-corrected chi connectivity index (χ1v) is 5.34. The third-order valence-electron chi connectivity index (χ3n) is 2.29. The lowest BCUT2D eigenvalue weighted by Crippen LogP contribution is -2.05. The molecule has 3 rings (SSSR count). The molecule has 0 fully saturated rings. The second-order valence-electron chi connectivity index (χ2n) is 3.20. The molecule has 1 aromatic rings. The van der Waals surface area contributed by atoms with E-state index in [1.54, 1.807) is 18.2 Å². The summed E-state index contributed by atoms with van der Waals surface area (Å²) in [6.07, 6.45) is 4.75. The lowest BCUT2D eigenvalue weighted by molar-refractivity contribution is 0.426. The van der Waals surface area contributed by atoms with E-state index in [1.165, 1.54) is 4.91 Å². The number of hydrogen-bond donors (Lipinski definition) is 1. The van der Waals surface area contributed by atoms with Crippen molar-refractivity contribution in [1.29, 1.82) is 0 Å². The number of hydrogen-bond acceptors (Lipinski definition) is 3. The van der Waals surface area contributed by atoms with Gasteiger partial charge in [0.05, 0.1) is 16.9 Å². The van der Waals surface area contributed by atoms with Crippen LogP contribution in [0.2, 0.25) is 0 Å². The fourth-order valence-electron chi connectivity index (χ4n) is 1.62. The first kappa shape index (κ1) is 8.00. The highest BCUT2D eigenvalue weighted by atomic mass is 32.2. The Hall–Kier alpha value is -1.35. The normalized spacial score (nSPS) is 18.0. The van der Waals surface area contributed by atoms with Gasteiger partial charge in [-0.3, -0.25) is 0 Å². The van der Waals surface area contributed by atoms with Gasteiger partial charge in [-0.1, -0.05) is 12.1 Å². The molecule has 0 aromatic heterocycles. The van der Waals surface area contributed by atoms with Crippen molar-refractivity contribution in [2.24, 2.45) is 0 Å². The number of nitrogens with one attached hydrogen (secondary N) is 1. The van der Waals surface area contributed by atoms with Crippen LogP contribution in [0.15, 0.2) is 41.5 Å². The van der Waals surface area contributed by atoms with Crippen molar-refractivity contribution < 1.29 is 4.74 Å². The third kappa shape index (κ3) is 1.13.